The molecule has 2 unspecified atom stereocenters. The predicted molar refractivity (Wildman–Crippen MR) is 74.1 cm³/mol. The maximum Gasteiger partial charge on any atom is 0.203 e. The highest BCUT2D eigenvalue weighted by molar-refractivity contribution is 5.63. The number of nitrogens with two attached hydrogens (primary N) is 1. The fourth-order valence-corrected chi connectivity index (χ4v) is 3.14. The first kappa shape index (κ1) is 12.3. The molecular formula is C13H20N6. The summed E-state index contributed by atoms with van der Waals surface area (Å²) in [7, 11) is 2.09. The molecule has 0 aromatic carbocycles. The number of aromatic nitrogens is 4. The van der Waals surface area contributed by atoms with E-state index in [1.54, 1.807) is 0 Å². The van der Waals surface area contributed by atoms with Gasteiger partial charge in [-0.15, -0.1) is 10.2 Å². The van der Waals surface area contributed by atoms with Crippen molar-refractivity contribution in [3.63, 3.8) is 0 Å². The summed E-state index contributed by atoms with van der Waals surface area (Å²) in [5, 5.41) is 8.37. The lowest BCUT2D eigenvalue weighted by Crippen LogP contribution is -2.38. The molecule has 0 saturated heterocycles. The fourth-order valence-electron chi connectivity index (χ4n) is 3.14. The van der Waals surface area contributed by atoms with E-state index in [1.165, 1.54) is 19.3 Å². The van der Waals surface area contributed by atoms with E-state index in [9.17, 15) is 0 Å². The molecular weight excluding hydrogens is 240 g/mol. The molecule has 1 fully saturated rings. The van der Waals surface area contributed by atoms with Crippen LogP contribution in [0.25, 0.3) is 5.65 Å². The Morgan fingerprint density at radius 2 is 2.26 bits per heavy atom. The Labute approximate surface area is 112 Å². The molecule has 0 amide bonds. The average molecular weight is 260 g/mol. The lowest BCUT2D eigenvalue weighted by molar-refractivity contribution is 0.472. The van der Waals surface area contributed by atoms with E-state index in [0.29, 0.717) is 12.0 Å². The molecule has 6 nitrogen and oxygen atoms in total. The van der Waals surface area contributed by atoms with Crippen molar-refractivity contribution in [2.75, 3.05) is 18.5 Å². The van der Waals surface area contributed by atoms with Crippen LogP contribution >= 0.6 is 0 Å². The maximum absolute atomic E-state index is 5.88. The van der Waals surface area contributed by atoms with Crippen LogP contribution < -0.4 is 10.6 Å². The van der Waals surface area contributed by atoms with E-state index >= 15 is 0 Å². The van der Waals surface area contributed by atoms with E-state index in [0.717, 1.165) is 23.8 Å². The molecule has 6 heteroatoms. The molecule has 0 spiro atoms. The zero-order valence-corrected chi connectivity index (χ0v) is 11.5. The molecule has 19 heavy (non-hydrogen) atoms. The van der Waals surface area contributed by atoms with Gasteiger partial charge in [0.05, 0.1) is 0 Å². The summed E-state index contributed by atoms with van der Waals surface area (Å²) in [6, 6.07) is 0.459. The van der Waals surface area contributed by atoms with Gasteiger partial charge in [-0.1, -0.05) is 6.42 Å². The highest BCUT2D eigenvalue weighted by atomic mass is 15.3. The van der Waals surface area contributed by atoms with Crippen molar-refractivity contribution in [1.29, 1.82) is 0 Å². The van der Waals surface area contributed by atoms with Crippen molar-refractivity contribution in [2.45, 2.75) is 32.2 Å². The van der Waals surface area contributed by atoms with Crippen molar-refractivity contribution in [2.24, 2.45) is 11.7 Å². The van der Waals surface area contributed by atoms with Gasteiger partial charge >= 0.3 is 0 Å². The summed E-state index contributed by atoms with van der Waals surface area (Å²) >= 11 is 0. The minimum atomic E-state index is 0.459. The van der Waals surface area contributed by atoms with Crippen LogP contribution in [0.15, 0.2) is 12.4 Å². The van der Waals surface area contributed by atoms with Gasteiger partial charge in [-0.25, -0.2) is 4.98 Å². The van der Waals surface area contributed by atoms with E-state index in [-0.39, 0.29) is 0 Å². The van der Waals surface area contributed by atoms with Crippen LogP contribution in [0, 0.1) is 12.8 Å². The van der Waals surface area contributed by atoms with E-state index in [4.69, 9.17) is 5.73 Å². The third kappa shape index (κ3) is 1.96. The first-order chi connectivity index (χ1) is 9.22. The number of anilines is 1. The molecule has 3 rings (SSSR count). The summed E-state index contributed by atoms with van der Waals surface area (Å²) in [6.07, 6.45) is 7.33. The van der Waals surface area contributed by atoms with E-state index < -0.39 is 0 Å². The number of fused-ring (bicyclic) bond motifs is 1. The molecule has 1 aliphatic carbocycles. The van der Waals surface area contributed by atoms with Crippen LogP contribution in [0.5, 0.6) is 0 Å². The minimum Gasteiger partial charge on any atom is -0.353 e. The molecule has 1 aliphatic rings. The summed E-state index contributed by atoms with van der Waals surface area (Å²) < 4.78 is 1.98. The SMILES string of the molecule is Cc1nnc2c(N(C)C3CCCC3CN)nccn12. The van der Waals surface area contributed by atoms with Crippen molar-refractivity contribution >= 4 is 11.5 Å². The molecule has 2 atom stereocenters. The van der Waals surface area contributed by atoms with Gasteiger partial charge in [-0.2, -0.15) is 0 Å². The molecule has 102 valence electrons. The zero-order valence-electron chi connectivity index (χ0n) is 11.5. The maximum atomic E-state index is 5.88. The highest BCUT2D eigenvalue weighted by Gasteiger charge is 2.31. The second-order valence-electron chi connectivity index (χ2n) is 5.30. The normalized spacial score (nSPS) is 23.1. The molecule has 2 N–H and O–H groups in total. The Kier molecular flexibility index (Phi) is 3.10. The van der Waals surface area contributed by atoms with Crippen molar-refractivity contribution in [1.82, 2.24) is 19.6 Å². The molecule has 0 radical (unpaired) electrons. The van der Waals surface area contributed by atoms with Gasteiger partial charge in [-0.3, -0.25) is 4.40 Å². The third-order valence-electron chi connectivity index (χ3n) is 4.23. The minimum absolute atomic E-state index is 0.459. The van der Waals surface area contributed by atoms with Crippen LogP contribution in [0.3, 0.4) is 0 Å². The molecule has 2 aromatic heterocycles. The number of nitrogens with zero attached hydrogens (tertiary/aromatic N) is 5. The van der Waals surface area contributed by atoms with Crippen LogP contribution in [0.4, 0.5) is 5.82 Å². The largest absolute Gasteiger partial charge is 0.353 e. The Morgan fingerprint density at radius 1 is 1.42 bits per heavy atom. The Hall–Kier alpha value is -1.69. The second kappa shape index (κ2) is 4.77. The van der Waals surface area contributed by atoms with E-state index in [2.05, 4.69) is 27.1 Å². The first-order valence-corrected chi connectivity index (χ1v) is 6.81. The van der Waals surface area contributed by atoms with Gasteiger partial charge in [0.2, 0.25) is 5.65 Å². The molecule has 1 saturated carbocycles. The summed E-state index contributed by atoms with van der Waals surface area (Å²) in [5.41, 5.74) is 6.70. The number of aryl methyl sites for hydroxylation is 1. The smallest absolute Gasteiger partial charge is 0.203 e. The fraction of sp³-hybridized carbons (Fsp3) is 0.615. The standard InChI is InChI=1S/C13H20N6/c1-9-16-17-13-12(15-6-7-19(9)13)18(2)11-5-3-4-10(11)8-14/h6-7,10-11H,3-5,8,14H2,1-2H3. The zero-order chi connectivity index (χ0) is 13.4. The topological polar surface area (TPSA) is 72.3 Å². The third-order valence-corrected chi connectivity index (χ3v) is 4.23. The van der Waals surface area contributed by atoms with Gasteiger partial charge in [0.15, 0.2) is 5.82 Å². The lowest BCUT2D eigenvalue weighted by Gasteiger charge is -2.30. The van der Waals surface area contributed by atoms with Gasteiger partial charge in [-0.05, 0) is 32.2 Å². The van der Waals surface area contributed by atoms with Gasteiger partial charge in [0.25, 0.3) is 0 Å². The first-order valence-electron chi connectivity index (χ1n) is 6.81. The molecule has 0 aliphatic heterocycles. The Bertz CT molecular complexity index is 578. The number of hydrogen-bond acceptors (Lipinski definition) is 5. The highest BCUT2D eigenvalue weighted by Crippen LogP contribution is 2.31. The molecule has 2 heterocycles. The summed E-state index contributed by atoms with van der Waals surface area (Å²) in [4.78, 5) is 6.73. The van der Waals surface area contributed by atoms with Crippen LogP contribution in [-0.4, -0.2) is 39.2 Å². The van der Waals surface area contributed by atoms with Crippen molar-refractivity contribution in [3.05, 3.63) is 18.2 Å². The predicted octanol–water partition coefficient (Wildman–Crippen LogP) is 0.996. The van der Waals surface area contributed by atoms with Crippen molar-refractivity contribution in [3.8, 4) is 0 Å². The summed E-state index contributed by atoms with van der Waals surface area (Å²) in [6.45, 7) is 2.69. The number of hydrogen-bond donors (Lipinski definition) is 1. The van der Waals surface area contributed by atoms with Crippen LogP contribution in [0.1, 0.15) is 25.1 Å². The van der Waals surface area contributed by atoms with Crippen molar-refractivity contribution < 1.29 is 0 Å². The average Bonchev–Trinajstić information content (AvgIpc) is 3.05. The Morgan fingerprint density at radius 3 is 3.05 bits per heavy atom. The summed E-state index contributed by atoms with van der Waals surface area (Å²) in [5.74, 6) is 2.33. The van der Waals surface area contributed by atoms with Crippen LogP contribution in [-0.2, 0) is 0 Å². The van der Waals surface area contributed by atoms with Gasteiger partial charge in [0.1, 0.15) is 5.82 Å². The van der Waals surface area contributed by atoms with Gasteiger partial charge < -0.3 is 10.6 Å². The second-order valence-corrected chi connectivity index (χ2v) is 5.30. The van der Waals surface area contributed by atoms with Gasteiger partial charge in [0, 0.05) is 25.5 Å². The monoisotopic (exact) mass is 260 g/mol. The quantitative estimate of drug-likeness (QED) is 0.891. The van der Waals surface area contributed by atoms with Crippen LogP contribution in [0.2, 0.25) is 0 Å². The lowest BCUT2D eigenvalue weighted by atomic mass is 10.0. The van der Waals surface area contributed by atoms with E-state index in [1.807, 2.05) is 23.7 Å². The molecule has 0 bridgehead atoms. The number of rotatable bonds is 3. The Balaban J connectivity index is 1.99. The molecule has 2 aromatic rings.